The number of benzene rings is 1. The lowest BCUT2D eigenvalue weighted by atomic mass is 10.1. The van der Waals surface area contributed by atoms with Crippen LogP contribution in [0.25, 0.3) is 22.6 Å². The monoisotopic (exact) mass is 297 g/mol. The number of esters is 1. The van der Waals surface area contributed by atoms with Crippen molar-refractivity contribution in [3.63, 3.8) is 0 Å². The summed E-state index contributed by atoms with van der Waals surface area (Å²) in [5.74, 6) is 0.226. The van der Waals surface area contributed by atoms with E-state index in [9.17, 15) is 4.79 Å². The van der Waals surface area contributed by atoms with E-state index in [1.165, 1.54) is 7.11 Å². The first-order valence-electron chi connectivity index (χ1n) is 6.74. The molecule has 1 aromatic carbocycles. The van der Waals surface area contributed by atoms with Gasteiger partial charge in [-0.1, -0.05) is 24.3 Å². The summed E-state index contributed by atoms with van der Waals surface area (Å²) in [5, 5.41) is 0. The lowest BCUT2D eigenvalue weighted by molar-refractivity contribution is 0.0594. The van der Waals surface area contributed by atoms with Crippen LogP contribution in [0.1, 0.15) is 16.1 Å². The van der Waals surface area contributed by atoms with Gasteiger partial charge in [0.2, 0.25) is 0 Å². The summed E-state index contributed by atoms with van der Waals surface area (Å²) in [7, 11) is 2.99. The highest BCUT2D eigenvalue weighted by Gasteiger charge is 2.11. The predicted molar refractivity (Wildman–Crippen MR) is 81.4 cm³/mol. The first-order chi connectivity index (χ1) is 10.7. The Morgan fingerprint density at radius 2 is 1.86 bits per heavy atom. The van der Waals surface area contributed by atoms with Crippen LogP contribution >= 0.6 is 0 Å². The molecule has 0 atom stereocenters. The van der Waals surface area contributed by atoms with Crippen LogP contribution in [0, 0.1) is 0 Å². The average molecular weight is 297 g/mol. The lowest BCUT2D eigenvalue weighted by Gasteiger charge is -2.00. The zero-order valence-corrected chi connectivity index (χ0v) is 12.3. The van der Waals surface area contributed by atoms with E-state index in [0.29, 0.717) is 18.1 Å². The van der Waals surface area contributed by atoms with Crippen LogP contribution in [-0.2, 0) is 16.1 Å². The van der Waals surface area contributed by atoms with Crippen molar-refractivity contribution in [3.05, 3.63) is 47.7 Å². The van der Waals surface area contributed by atoms with Gasteiger partial charge in [-0.05, 0) is 17.7 Å². The number of carbonyl (C=O) groups excluding carboxylic acids is 1. The molecule has 2 heterocycles. The summed E-state index contributed by atoms with van der Waals surface area (Å²) in [6.45, 7) is 0.574. The minimum Gasteiger partial charge on any atom is -0.464 e. The van der Waals surface area contributed by atoms with Crippen LogP contribution in [0.4, 0.5) is 0 Å². The Hall–Kier alpha value is -2.73. The quantitative estimate of drug-likeness (QED) is 0.749. The molecule has 0 radical (unpaired) electrons. The molecule has 3 aromatic rings. The number of nitrogens with one attached hydrogen (secondary N) is 1. The van der Waals surface area contributed by atoms with Crippen LogP contribution in [0.5, 0.6) is 0 Å². The topological polar surface area (TPSA) is 77.1 Å². The SMILES string of the molecule is COCc1ccc(-c2nc3nc(C(=O)OC)ccc3[nH]2)cc1. The number of pyridine rings is 1. The Kier molecular flexibility index (Phi) is 3.84. The summed E-state index contributed by atoms with van der Waals surface area (Å²) in [4.78, 5) is 23.3. The fraction of sp³-hybridized carbons (Fsp3) is 0.188. The second kappa shape index (κ2) is 5.95. The Labute approximate surface area is 127 Å². The number of aromatic amines is 1. The van der Waals surface area contributed by atoms with E-state index in [4.69, 9.17) is 4.74 Å². The van der Waals surface area contributed by atoms with Gasteiger partial charge in [0.25, 0.3) is 0 Å². The third-order valence-corrected chi connectivity index (χ3v) is 3.28. The number of hydrogen-bond donors (Lipinski definition) is 1. The summed E-state index contributed by atoms with van der Waals surface area (Å²) in [5.41, 5.74) is 3.52. The van der Waals surface area contributed by atoms with Gasteiger partial charge < -0.3 is 14.5 Å². The van der Waals surface area contributed by atoms with Crippen molar-refractivity contribution in [2.75, 3.05) is 14.2 Å². The fourth-order valence-electron chi connectivity index (χ4n) is 2.17. The van der Waals surface area contributed by atoms with E-state index in [0.717, 1.165) is 16.6 Å². The molecule has 0 aliphatic carbocycles. The van der Waals surface area contributed by atoms with Crippen LogP contribution in [0.15, 0.2) is 36.4 Å². The van der Waals surface area contributed by atoms with E-state index < -0.39 is 5.97 Å². The van der Waals surface area contributed by atoms with Crippen molar-refractivity contribution >= 4 is 17.1 Å². The van der Waals surface area contributed by atoms with Gasteiger partial charge in [-0.3, -0.25) is 0 Å². The Morgan fingerprint density at radius 3 is 2.55 bits per heavy atom. The number of carbonyl (C=O) groups is 1. The van der Waals surface area contributed by atoms with E-state index in [1.807, 2.05) is 24.3 Å². The molecular formula is C16H15N3O3. The molecule has 112 valence electrons. The van der Waals surface area contributed by atoms with Crippen molar-refractivity contribution in [1.82, 2.24) is 15.0 Å². The molecule has 0 bridgehead atoms. The molecule has 0 amide bonds. The number of H-pyrrole nitrogens is 1. The molecule has 1 N–H and O–H groups in total. The minimum atomic E-state index is -0.477. The minimum absolute atomic E-state index is 0.239. The molecule has 6 nitrogen and oxygen atoms in total. The van der Waals surface area contributed by atoms with Gasteiger partial charge in [0.15, 0.2) is 11.3 Å². The highest BCUT2D eigenvalue weighted by atomic mass is 16.5. The summed E-state index contributed by atoms with van der Waals surface area (Å²) >= 11 is 0. The fourth-order valence-corrected chi connectivity index (χ4v) is 2.17. The number of methoxy groups -OCH3 is 2. The number of hydrogen-bond acceptors (Lipinski definition) is 5. The zero-order chi connectivity index (χ0) is 15.5. The molecule has 0 aliphatic heterocycles. The van der Waals surface area contributed by atoms with E-state index in [2.05, 4.69) is 19.7 Å². The summed E-state index contributed by atoms with van der Waals surface area (Å²) in [6.07, 6.45) is 0. The van der Waals surface area contributed by atoms with E-state index >= 15 is 0 Å². The Balaban J connectivity index is 1.95. The van der Waals surface area contributed by atoms with Crippen molar-refractivity contribution in [2.24, 2.45) is 0 Å². The van der Waals surface area contributed by atoms with E-state index in [1.54, 1.807) is 19.2 Å². The lowest BCUT2D eigenvalue weighted by Crippen LogP contribution is -2.03. The van der Waals surface area contributed by atoms with Gasteiger partial charge in [0.05, 0.1) is 19.2 Å². The Morgan fingerprint density at radius 1 is 1.09 bits per heavy atom. The number of imidazole rings is 1. The van der Waals surface area contributed by atoms with Crippen molar-refractivity contribution in [1.29, 1.82) is 0 Å². The molecule has 0 aliphatic rings. The number of fused-ring (bicyclic) bond motifs is 1. The zero-order valence-electron chi connectivity index (χ0n) is 12.3. The molecule has 0 saturated carbocycles. The first-order valence-corrected chi connectivity index (χ1v) is 6.74. The largest absolute Gasteiger partial charge is 0.464 e. The second-order valence-corrected chi connectivity index (χ2v) is 4.77. The second-order valence-electron chi connectivity index (χ2n) is 4.77. The van der Waals surface area contributed by atoms with Gasteiger partial charge in [0, 0.05) is 12.7 Å². The van der Waals surface area contributed by atoms with Crippen molar-refractivity contribution in [2.45, 2.75) is 6.61 Å². The van der Waals surface area contributed by atoms with Gasteiger partial charge >= 0.3 is 5.97 Å². The van der Waals surface area contributed by atoms with Crippen LogP contribution in [0.2, 0.25) is 0 Å². The normalized spacial score (nSPS) is 10.8. The number of aromatic nitrogens is 3. The maximum atomic E-state index is 11.5. The number of ether oxygens (including phenoxy) is 2. The smallest absolute Gasteiger partial charge is 0.356 e. The first kappa shape index (κ1) is 14.2. The average Bonchev–Trinajstić information content (AvgIpc) is 2.98. The van der Waals surface area contributed by atoms with Crippen LogP contribution in [-0.4, -0.2) is 35.1 Å². The number of rotatable bonds is 4. The summed E-state index contributed by atoms with van der Waals surface area (Å²) < 4.78 is 9.75. The van der Waals surface area contributed by atoms with Gasteiger partial charge in [-0.15, -0.1) is 0 Å². The number of nitrogens with zero attached hydrogens (tertiary/aromatic N) is 2. The Bertz CT molecular complexity index is 809. The molecule has 0 fully saturated rings. The maximum Gasteiger partial charge on any atom is 0.356 e. The van der Waals surface area contributed by atoms with Gasteiger partial charge in [0.1, 0.15) is 5.82 Å². The standard InChI is InChI=1S/C16H15N3O3/c1-21-9-10-3-5-11(6-4-10)14-17-12-7-8-13(16(20)22-2)18-15(12)19-14/h3-8H,9H2,1-2H3,(H,17,18,19). The maximum absolute atomic E-state index is 11.5. The third kappa shape index (κ3) is 2.68. The molecule has 22 heavy (non-hydrogen) atoms. The molecule has 2 aromatic heterocycles. The van der Waals surface area contributed by atoms with Crippen LogP contribution in [0.3, 0.4) is 0 Å². The van der Waals surface area contributed by atoms with Crippen LogP contribution < -0.4 is 0 Å². The van der Waals surface area contributed by atoms with Gasteiger partial charge in [-0.25, -0.2) is 14.8 Å². The van der Waals surface area contributed by atoms with Gasteiger partial charge in [-0.2, -0.15) is 0 Å². The molecule has 6 heteroatoms. The molecule has 0 saturated heterocycles. The van der Waals surface area contributed by atoms with Crippen molar-refractivity contribution < 1.29 is 14.3 Å². The molecule has 0 spiro atoms. The summed E-state index contributed by atoms with van der Waals surface area (Å²) in [6, 6.07) is 11.3. The highest BCUT2D eigenvalue weighted by Crippen LogP contribution is 2.20. The predicted octanol–water partition coefficient (Wildman–Crippen LogP) is 2.56. The third-order valence-electron chi connectivity index (χ3n) is 3.28. The molecular weight excluding hydrogens is 282 g/mol. The molecule has 0 unspecified atom stereocenters. The molecule has 3 rings (SSSR count). The van der Waals surface area contributed by atoms with Crippen molar-refractivity contribution in [3.8, 4) is 11.4 Å². The highest BCUT2D eigenvalue weighted by molar-refractivity contribution is 5.90. The van der Waals surface area contributed by atoms with E-state index in [-0.39, 0.29) is 5.69 Å².